The number of esters is 2. The summed E-state index contributed by atoms with van der Waals surface area (Å²) in [5.41, 5.74) is 0. The number of hydrogen-bond acceptors (Lipinski definition) is 7. The second kappa shape index (κ2) is 41.5. The smallest absolute Gasteiger partial charge is 0.306 e. The third-order valence-corrected chi connectivity index (χ3v) is 10.1. The first kappa shape index (κ1) is 55.8. The molecule has 0 saturated heterocycles. The van der Waals surface area contributed by atoms with E-state index in [0.717, 1.165) is 103 Å². The summed E-state index contributed by atoms with van der Waals surface area (Å²) in [4.78, 5) is 36.9. The number of likely N-dealkylation sites (N-methyl/N-ethyl adjacent to an activating group) is 1. The standard InChI is InChI=1S/C51H87NO7/c1-6-8-10-12-14-16-18-20-22-23-24-25-26-27-28-30-31-33-35-37-39-41-49(53)58-46-47(45-57-44-43-48(51(55)56)52(3,4)5)59-50(54)42-40-38-36-34-32-29-21-19-17-15-13-11-9-7-2/h9,11,14-17,20,22,24-25,27-28,47-48H,6-8,10,12-13,18-19,21,23,26,29-46H2,1-5H3/b11-9+,16-14+,17-15+,22-20+,25-24+,28-27+. The van der Waals surface area contributed by atoms with Crippen LogP contribution in [-0.4, -0.2) is 75.5 Å². The van der Waals surface area contributed by atoms with Crippen molar-refractivity contribution in [3.8, 4) is 0 Å². The van der Waals surface area contributed by atoms with E-state index in [9.17, 15) is 19.5 Å². The minimum absolute atomic E-state index is 0.0278. The van der Waals surface area contributed by atoms with E-state index in [1.807, 2.05) is 0 Å². The van der Waals surface area contributed by atoms with E-state index in [0.29, 0.717) is 12.8 Å². The zero-order valence-electron chi connectivity index (χ0n) is 38.4. The van der Waals surface area contributed by atoms with Gasteiger partial charge in [0.1, 0.15) is 12.6 Å². The van der Waals surface area contributed by atoms with Crippen LogP contribution in [0.1, 0.15) is 181 Å². The van der Waals surface area contributed by atoms with Crippen molar-refractivity contribution >= 4 is 17.9 Å². The van der Waals surface area contributed by atoms with Crippen LogP contribution in [0.4, 0.5) is 0 Å². The van der Waals surface area contributed by atoms with Crippen molar-refractivity contribution in [3.63, 3.8) is 0 Å². The van der Waals surface area contributed by atoms with Crippen molar-refractivity contribution in [2.45, 2.75) is 193 Å². The summed E-state index contributed by atoms with van der Waals surface area (Å²) in [6.07, 6.45) is 52.1. The number of carbonyl (C=O) groups excluding carboxylic acids is 3. The molecule has 8 nitrogen and oxygen atoms in total. The van der Waals surface area contributed by atoms with E-state index >= 15 is 0 Å². The van der Waals surface area contributed by atoms with E-state index in [4.69, 9.17) is 14.2 Å². The third kappa shape index (κ3) is 40.0. The number of rotatable bonds is 41. The van der Waals surface area contributed by atoms with Gasteiger partial charge < -0.3 is 28.6 Å². The highest BCUT2D eigenvalue weighted by Gasteiger charge is 2.25. The molecule has 2 unspecified atom stereocenters. The molecule has 0 aliphatic rings. The molecule has 59 heavy (non-hydrogen) atoms. The highest BCUT2D eigenvalue weighted by Crippen LogP contribution is 2.13. The van der Waals surface area contributed by atoms with E-state index in [1.54, 1.807) is 21.1 Å². The molecule has 0 aliphatic heterocycles. The summed E-state index contributed by atoms with van der Waals surface area (Å²) in [7, 11) is 5.39. The molecule has 0 rings (SSSR count). The number of carboxylic acid groups (broad SMARTS) is 1. The lowest BCUT2D eigenvalue weighted by Crippen LogP contribution is -2.55. The van der Waals surface area contributed by atoms with Gasteiger partial charge in [-0.15, -0.1) is 0 Å². The number of carboxylic acids is 1. The molecule has 2 atom stereocenters. The molecule has 0 radical (unpaired) electrons. The molecular weight excluding hydrogens is 739 g/mol. The van der Waals surface area contributed by atoms with Crippen LogP contribution >= 0.6 is 0 Å². The van der Waals surface area contributed by atoms with Gasteiger partial charge >= 0.3 is 11.9 Å². The van der Waals surface area contributed by atoms with Gasteiger partial charge in [-0.1, -0.05) is 151 Å². The monoisotopic (exact) mass is 826 g/mol. The first-order valence-corrected chi connectivity index (χ1v) is 23.5. The minimum Gasteiger partial charge on any atom is -0.544 e. The fourth-order valence-corrected chi connectivity index (χ4v) is 6.44. The molecule has 0 saturated carbocycles. The van der Waals surface area contributed by atoms with E-state index < -0.39 is 18.1 Å². The van der Waals surface area contributed by atoms with Crippen LogP contribution < -0.4 is 5.11 Å². The number of allylic oxidation sites excluding steroid dienone is 12. The van der Waals surface area contributed by atoms with Gasteiger partial charge in [0.2, 0.25) is 0 Å². The molecule has 0 aromatic rings. The second-order valence-electron chi connectivity index (χ2n) is 16.6. The van der Waals surface area contributed by atoms with E-state index in [2.05, 4.69) is 86.8 Å². The zero-order valence-corrected chi connectivity index (χ0v) is 38.4. The molecule has 0 aromatic carbocycles. The maximum atomic E-state index is 12.7. The molecule has 0 fully saturated rings. The average molecular weight is 826 g/mol. The number of quaternary nitrogens is 1. The van der Waals surface area contributed by atoms with E-state index in [1.165, 1.54) is 44.9 Å². The lowest BCUT2D eigenvalue weighted by Gasteiger charge is -2.34. The maximum Gasteiger partial charge on any atom is 0.306 e. The third-order valence-electron chi connectivity index (χ3n) is 10.1. The summed E-state index contributed by atoms with van der Waals surface area (Å²) >= 11 is 0. The fraction of sp³-hybridized carbons (Fsp3) is 0.706. The van der Waals surface area contributed by atoms with Gasteiger partial charge in [0.05, 0.1) is 40.3 Å². The zero-order chi connectivity index (χ0) is 43.5. The summed E-state index contributed by atoms with van der Waals surface area (Å²) in [5.74, 6) is -1.78. The Bertz CT molecular complexity index is 1190. The molecule has 0 aromatic heterocycles. The van der Waals surface area contributed by atoms with Gasteiger partial charge in [-0.3, -0.25) is 9.59 Å². The Labute approximate surface area is 361 Å². The van der Waals surface area contributed by atoms with Crippen LogP contribution in [0.25, 0.3) is 0 Å². The van der Waals surface area contributed by atoms with Gasteiger partial charge in [-0.2, -0.15) is 0 Å². The molecular formula is C51H87NO7. The molecule has 0 spiro atoms. The highest BCUT2D eigenvalue weighted by molar-refractivity contribution is 5.70. The Morgan fingerprint density at radius 1 is 0.525 bits per heavy atom. The molecule has 0 bridgehead atoms. The number of hydrogen-bond donors (Lipinski definition) is 0. The normalized spacial score (nSPS) is 13.6. The lowest BCUT2D eigenvalue weighted by molar-refractivity contribution is -0.889. The van der Waals surface area contributed by atoms with Crippen molar-refractivity contribution in [1.82, 2.24) is 0 Å². The van der Waals surface area contributed by atoms with Crippen molar-refractivity contribution in [3.05, 3.63) is 72.9 Å². The number of aliphatic carboxylic acids is 1. The van der Waals surface area contributed by atoms with Gasteiger partial charge in [0, 0.05) is 19.3 Å². The second-order valence-corrected chi connectivity index (χ2v) is 16.6. The van der Waals surface area contributed by atoms with Crippen LogP contribution in [0.3, 0.4) is 0 Å². The largest absolute Gasteiger partial charge is 0.544 e. The number of unbranched alkanes of at least 4 members (excludes halogenated alkanes) is 15. The highest BCUT2D eigenvalue weighted by atomic mass is 16.6. The Hall–Kier alpha value is -3.23. The summed E-state index contributed by atoms with van der Waals surface area (Å²) < 4.78 is 17.2. The number of nitrogens with zero attached hydrogens (tertiary/aromatic N) is 1. The van der Waals surface area contributed by atoms with Crippen LogP contribution in [-0.2, 0) is 28.6 Å². The van der Waals surface area contributed by atoms with Gasteiger partial charge in [0.15, 0.2) is 6.10 Å². The van der Waals surface area contributed by atoms with Crippen molar-refractivity contribution < 1.29 is 38.2 Å². The Balaban J connectivity index is 4.34. The quantitative estimate of drug-likeness (QED) is 0.0262. The van der Waals surface area contributed by atoms with Crippen LogP contribution in [0, 0.1) is 0 Å². The predicted octanol–water partition coefficient (Wildman–Crippen LogP) is 11.8. The topological polar surface area (TPSA) is 102 Å². The molecule has 0 N–H and O–H groups in total. The Morgan fingerprint density at radius 3 is 1.41 bits per heavy atom. The summed E-state index contributed by atoms with van der Waals surface area (Å²) in [6.45, 7) is 4.49. The van der Waals surface area contributed by atoms with Gasteiger partial charge in [0.25, 0.3) is 0 Å². The van der Waals surface area contributed by atoms with E-state index in [-0.39, 0.29) is 42.7 Å². The SMILES string of the molecule is CC/C=C/C/C=C/CCCCCCCCCC(=O)OC(COCCC(C(=O)[O-])[N+](C)(C)C)COC(=O)CCCCCCC/C=C/C/C=C/C/C=C/C/C=C/CCCCC. The first-order valence-electron chi connectivity index (χ1n) is 23.5. The molecule has 338 valence electrons. The number of ether oxygens (including phenoxy) is 3. The maximum absolute atomic E-state index is 12.7. The summed E-state index contributed by atoms with van der Waals surface area (Å²) in [6, 6.07) is -0.733. The van der Waals surface area contributed by atoms with Gasteiger partial charge in [-0.05, 0) is 83.5 Å². The van der Waals surface area contributed by atoms with Crippen molar-refractivity contribution in [1.29, 1.82) is 0 Å². The molecule has 0 amide bonds. The van der Waals surface area contributed by atoms with Crippen molar-refractivity contribution in [2.75, 3.05) is 41.0 Å². The average Bonchev–Trinajstić information content (AvgIpc) is 3.19. The first-order chi connectivity index (χ1) is 28.6. The number of carbonyl (C=O) groups is 3. The Morgan fingerprint density at radius 2 is 0.949 bits per heavy atom. The summed E-state index contributed by atoms with van der Waals surface area (Å²) in [5, 5.41) is 11.6. The predicted molar refractivity (Wildman–Crippen MR) is 245 cm³/mol. The Kier molecular flexibility index (Phi) is 39.2. The van der Waals surface area contributed by atoms with Crippen LogP contribution in [0.2, 0.25) is 0 Å². The lowest BCUT2D eigenvalue weighted by atomic mass is 10.1. The molecule has 0 aliphatic carbocycles. The molecule has 0 heterocycles. The fourth-order valence-electron chi connectivity index (χ4n) is 6.44. The van der Waals surface area contributed by atoms with Gasteiger partial charge in [-0.25, -0.2) is 0 Å². The van der Waals surface area contributed by atoms with Crippen LogP contribution in [0.15, 0.2) is 72.9 Å². The van der Waals surface area contributed by atoms with Crippen molar-refractivity contribution in [2.24, 2.45) is 0 Å². The minimum atomic E-state index is -1.13. The van der Waals surface area contributed by atoms with Crippen LogP contribution in [0.5, 0.6) is 0 Å². The molecule has 8 heteroatoms.